The lowest BCUT2D eigenvalue weighted by Gasteiger charge is -2.27. The zero-order valence-corrected chi connectivity index (χ0v) is 12.6. The molecule has 2 aromatic rings. The number of furan rings is 1. The maximum Gasteiger partial charge on any atom is 0.169 e. The minimum absolute atomic E-state index is 0.000283. The SMILES string of the molecule is COc1ccc(N(C)C(CN)c2ccc(Br)o2)cc1. The molecule has 2 N–H and O–H groups in total. The van der Waals surface area contributed by atoms with Gasteiger partial charge in [-0.1, -0.05) is 0 Å². The van der Waals surface area contributed by atoms with Gasteiger partial charge in [0.05, 0.1) is 13.2 Å². The molecular formula is C14H17BrN2O2. The van der Waals surface area contributed by atoms with Crippen molar-refractivity contribution in [1.82, 2.24) is 0 Å². The van der Waals surface area contributed by atoms with E-state index in [4.69, 9.17) is 14.9 Å². The van der Waals surface area contributed by atoms with Crippen LogP contribution in [0.25, 0.3) is 0 Å². The standard InChI is InChI=1S/C14H17BrN2O2/c1-17(10-3-5-11(18-2)6-4-10)12(9-16)13-7-8-14(15)19-13/h3-8,12H,9,16H2,1-2H3. The summed E-state index contributed by atoms with van der Waals surface area (Å²) in [5.41, 5.74) is 6.93. The number of methoxy groups -OCH3 is 1. The van der Waals surface area contributed by atoms with E-state index in [1.54, 1.807) is 7.11 Å². The van der Waals surface area contributed by atoms with Crippen molar-refractivity contribution >= 4 is 21.6 Å². The molecule has 0 bridgehead atoms. The molecule has 1 aromatic heterocycles. The fourth-order valence-corrected chi connectivity index (χ4v) is 2.29. The lowest BCUT2D eigenvalue weighted by Crippen LogP contribution is -2.30. The smallest absolute Gasteiger partial charge is 0.169 e. The quantitative estimate of drug-likeness (QED) is 0.917. The average Bonchev–Trinajstić information content (AvgIpc) is 2.86. The summed E-state index contributed by atoms with van der Waals surface area (Å²) in [6.45, 7) is 0.475. The summed E-state index contributed by atoms with van der Waals surface area (Å²) in [6.07, 6.45) is 0. The summed E-state index contributed by atoms with van der Waals surface area (Å²) in [5.74, 6) is 1.68. The Morgan fingerprint density at radius 1 is 1.26 bits per heavy atom. The summed E-state index contributed by atoms with van der Waals surface area (Å²) in [4.78, 5) is 2.09. The van der Waals surface area contributed by atoms with E-state index in [0.717, 1.165) is 17.2 Å². The van der Waals surface area contributed by atoms with E-state index in [9.17, 15) is 0 Å². The van der Waals surface area contributed by atoms with Crippen molar-refractivity contribution in [3.05, 3.63) is 46.8 Å². The number of likely N-dealkylation sites (N-methyl/N-ethyl adjacent to an activating group) is 1. The first-order valence-corrected chi connectivity index (χ1v) is 6.77. The van der Waals surface area contributed by atoms with Crippen LogP contribution in [0.4, 0.5) is 5.69 Å². The highest BCUT2D eigenvalue weighted by Gasteiger charge is 2.19. The molecular weight excluding hydrogens is 308 g/mol. The van der Waals surface area contributed by atoms with Gasteiger partial charge in [-0.3, -0.25) is 0 Å². The second kappa shape index (κ2) is 6.12. The van der Waals surface area contributed by atoms with Gasteiger partial charge >= 0.3 is 0 Å². The van der Waals surface area contributed by atoms with Crippen molar-refractivity contribution in [3.63, 3.8) is 0 Å². The Kier molecular flexibility index (Phi) is 4.50. The normalized spacial score (nSPS) is 12.2. The molecule has 0 fully saturated rings. The molecule has 0 saturated carbocycles. The highest BCUT2D eigenvalue weighted by Crippen LogP contribution is 2.28. The fraction of sp³-hybridized carbons (Fsp3) is 0.286. The molecule has 1 heterocycles. The van der Waals surface area contributed by atoms with Gasteiger partial charge in [0.1, 0.15) is 11.5 Å². The van der Waals surface area contributed by atoms with Crippen LogP contribution in [0.2, 0.25) is 0 Å². The topological polar surface area (TPSA) is 51.6 Å². The third kappa shape index (κ3) is 3.11. The zero-order valence-electron chi connectivity index (χ0n) is 11.0. The van der Waals surface area contributed by atoms with Crippen LogP contribution in [0.5, 0.6) is 5.75 Å². The first-order chi connectivity index (χ1) is 9.15. The number of nitrogens with two attached hydrogens (primary N) is 1. The fourth-order valence-electron chi connectivity index (χ4n) is 1.97. The molecule has 19 heavy (non-hydrogen) atoms. The van der Waals surface area contributed by atoms with Gasteiger partial charge < -0.3 is 19.8 Å². The monoisotopic (exact) mass is 324 g/mol. The summed E-state index contributed by atoms with van der Waals surface area (Å²) in [7, 11) is 3.65. The van der Waals surface area contributed by atoms with Crippen LogP contribution in [0.15, 0.2) is 45.5 Å². The van der Waals surface area contributed by atoms with Crippen LogP contribution >= 0.6 is 15.9 Å². The number of ether oxygens (including phenoxy) is 1. The highest BCUT2D eigenvalue weighted by molar-refractivity contribution is 9.10. The lowest BCUT2D eigenvalue weighted by molar-refractivity contribution is 0.414. The minimum Gasteiger partial charge on any atom is -0.497 e. The molecule has 1 atom stereocenters. The molecule has 0 amide bonds. The molecule has 0 spiro atoms. The van der Waals surface area contributed by atoms with Crippen LogP contribution < -0.4 is 15.4 Å². The van der Waals surface area contributed by atoms with E-state index in [1.165, 1.54) is 0 Å². The second-order valence-electron chi connectivity index (χ2n) is 4.20. The molecule has 2 rings (SSSR count). The Balaban J connectivity index is 2.22. The minimum atomic E-state index is -0.000283. The Hall–Kier alpha value is -1.46. The molecule has 0 aliphatic carbocycles. The molecule has 5 heteroatoms. The number of benzene rings is 1. The Morgan fingerprint density at radius 3 is 2.42 bits per heavy atom. The largest absolute Gasteiger partial charge is 0.497 e. The third-order valence-electron chi connectivity index (χ3n) is 3.09. The van der Waals surface area contributed by atoms with E-state index in [-0.39, 0.29) is 6.04 Å². The Morgan fingerprint density at radius 2 is 1.95 bits per heavy atom. The van der Waals surface area contributed by atoms with Crippen LogP contribution in [-0.2, 0) is 0 Å². The number of halogens is 1. The Bertz CT molecular complexity index is 524. The molecule has 1 unspecified atom stereocenters. The predicted octanol–water partition coefficient (Wildman–Crippen LogP) is 3.19. The molecule has 102 valence electrons. The number of rotatable bonds is 5. The molecule has 0 radical (unpaired) electrons. The predicted molar refractivity (Wildman–Crippen MR) is 79.6 cm³/mol. The molecule has 0 aliphatic heterocycles. The lowest BCUT2D eigenvalue weighted by atomic mass is 10.1. The van der Waals surface area contributed by atoms with Crippen molar-refractivity contribution in [1.29, 1.82) is 0 Å². The van der Waals surface area contributed by atoms with Crippen LogP contribution in [0.1, 0.15) is 11.8 Å². The number of hydrogen-bond donors (Lipinski definition) is 1. The third-order valence-corrected chi connectivity index (χ3v) is 3.52. The van der Waals surface area contributed by atoms with Crippen molar-refractivity contribution < 1.29 is 9.15 Å². The van der Waals surface area contributed by atoms with E-state index in [1.807, 2.05) is 43.4 Å². The second-order valence-corrected chi connectivity index (χ2v) is 4.98. The van der Waals surface area contributed by atoms with Crippen molar-refractivity contribution in [2.75, 3.05) is 25.6 Å². The first-order valence-electron chi connectivity index (χ1n) is 5.98. The molecule has 4 nitrogen and oxygen atoms in total. The molecule has 0 aliphatic rings. The van der Waals surface area contributed by atoms with Gasteiger partial charge in [-0.15, -0.1) is 0 Å². The van der Waals surface area contributed by atoms with Gasteiger partial charge in [0.2, 0.25) is 0 Å². The van der Waals surface area contributed by atoms with Crippen LogP contribution in [0, 0.1) is 0 Å². The van der Waals surface area contributed by atoms with Gasteiger partial charge in [0.15, 0.2) is 4.67 Å². The van der Waals surface area contributed by atoms with E-state index >= 15 is 0 Å². The van der Waals surface area contributed by atoms with Gasteiger partial charge in [-0.2, -0.15) is 0 Å². The van der Waals surface area contributed by atoms with Crippen molar-refractivity contribution in [2.24, 2.45) is 5.73 Å². The summed E-state index contributed by atoms with van der Waals surface area (Å²) in [6, 6.07) is 11.7. The Labute approximate surface area is 121 Å². The van der Waals surface area contributed by atoms with Crippen molar-refractivity contribution in [2.45, 2.75) is 6.04 Å². The number of anilines is 1. The maximum atomic E-state index is 5.87. The van der Waals surface area contributed by atoms with Gasteiger partial charge in [-0.05, 0) is 52.3 Å². The van der Waals surface area contributed by atoms with Gasteiger partial charge in [0.25, 0.3) is 0 Å². The summed E-state index contributed by atoms with van der Waals surface area (Å²) >= 11 is 3.31. The highest BCUT2D eigenvalue weighted by atomic mass is 79.9. The summed E-state index contributed by atoms with van der Waals surface area (Å²) < 4.78 is 11.5. The zero-order chi connectivity index (χ0) is 13.8. The van der Waals surface area contributed by atoms with E-state index in [0.29, 0.717) is 11.2 Å². The van der Waals surface area contributed by atoms with Gasteiger partial charge in [-0.25, -0.2) is 0 Å². The maximum absolute atomic E-state index is 5.87. The average molecular weight is 325 g/mol. The summed E-state index contributed by atoms with van der Waals surface area (Å²) in [5, 5.41) is 0. The van der Waals surface area contributed by atoms with Gasteiger partial charge in [0, 0.05) is 19.3 Å². The number of nitrogens with zero attached hydrogens (tertiary/aromatic N) is 1. The van der Waals surface area contributed by atoms with Crippen molar-refractivity contribution in [3.8, 4) is 5.75 Å². The molecule has 0 saturated heterocycles. The van der Waals surface area contributed by atoms with E-state index < -0.39 is 0 Å². The number of hydrogen-bond acceptors (Lipinski definition) is 4. The molecule has 1 aromatic carbocycles. The van der Waals surface area contributed by atoms with E-state index in [2.05, 4.69) is 20.8 Å². The van der Waals surface area contributed by atoms with Crippen LogP contribution in [-0.4, -0.2) is 20.7 Å². The first kappa shape index (κ1) is 14.0. The van der Waals surface area contributed by atoms with Crippen LogP contribution in [0.3, 0.4) is 0 Å².